The normalized spacial score (nSPS) is 20.3. The van der Waals surface area contributed by atoms with E-state index in [0.29, 0.717) is 65.9 Å². The Balaban J connectivity index is 0.000000180. The number of aromatic nitrogens is 4. The summed E-state index contributed by atoms with van der Waals surface area (Å²) in [6, 6.07) is 38.2. The van der Waals surface area contributed by atoms with E-state index in [1.165, 1.54) is 57.9 Å². The van der Waals surface area contributed by atoms with Crippen molar-refractivity contribution in [3.63, 3.8) is 0 Å². The number of nitro groups is 2. The molecule has 28 nitrogen and oxygen atoms in total. The molecule has 0 radical (unpaired) electrons. The second-order valence-corrected chi connectivity index (χ2v) is 41.1. The fourth-order valence-electron chi connectivity index (χ4n) is 18.5. The number of anilines is 2. The number of aromatic amines is 2. The van der Waals surface area contributed by atoms with Gasteiger partial charge in [-0.1, -0.05) is 93.2 Å². The van der Waals surface area contributed by atoms with Crippen LogP contribution in [0.3, 0.4) is 0 Å². The minimum Gasteiger partial charge on any atom is -0.493 e. The van der Waals surface area contributed by atoms with Gasteiger partial charge >= 0.3 is 0 Å². The topological polar surface area (TPSA) is 338 Å². The molecule has 0 bridgehead atoms. The zero-order chi connectivity index (χ0) is 89.3. The van der Waals surface area contributed by atoms with Gasteiger partial charge in [0.25, 0.3) is 43.2 Å². The summed E-state index contributed by atoms with van der Waals surface area (Å²) in [6.45, 7) is 20.7. The summed E-state index contributed by atoms with van der Waals surface area (Å²) < 4.78 is 96.4. The van der Waals surface area contributed by atoms with E-state index < -0.39 is 57.2 Å². The molecule has 2 saturated heterocycles. The molecule has 0 unspecified atom stereocenters. The van der Waals surface area contributed by atoms with Gasteiger partial charge in [0.05, 0.1) is 92.9 Å². The van der Waals surface area contributed by atoms with Gasteiger partial charge in [0, 0.05) is 158 Å². The molecule has 0 spiro atoms. The maximum absolute atomic E-state index is 14.1. The highest BCUT2D eigenvalue weighted by Gasteiger charge is 2.39. The van der Waals surface area contributed by atoms with Crippen molar-refractivity contribution < 1.29 is 64.7 Å². The third kappa shape index (κ3) is 21.1. The maximum Gasteiger partial charge on any atom is 0.277 e. The highest BCUT2D eigenvalue weighted by atomic mass is 35.5. The van der Waals surface area contributed by atoms with Gasteiger partial charge in [-0.2, -0.15) is 0 Å². The van der Waals surface area contributed by atoms with Crippen LogP contribution in [-0.2, 0) is 42.4 Å². The molecule has 2 amide bonds. The smallest absolute Gasteiger partial charge is 0.277 e. The van der Waals surface area contributed by atoms with E-state index >= 15 is 0 Å². The van der Waals surface area contributed by atoms with Crippen LogP contribution in [0.25, 0.3) is 33.2 Å². The van der Waals surface area contributed by atoms with Crippen molar-refractivity contribution in [2.24, 2.45) is 28.6 Å². The maximum atomic E-state index is 14.1. The van der Waals surface area contributed by atoms with E-state index in [9.17, 15) is 46.7 Å². The number of fused-ring (bicyclic) bond motifs is 4. The molecule has 128 heavy (non-hydrogen) atoms. The number of pyridine rings is 2. The summed E-state index contributed by atoms with van der Waals surface area (Å²) in [5.41, 5.74) is 11.3. The number of benzene rings is 6. The number of nitrogens with zero attached hydrogens (tertiary/aromatic N) is 8. The van der Waals surface area contributed by atoms with E-state index in [0.717, 1.165) is 187 Å². The van der Waals surface area contributed by atoms with Gasteiger partial charge in [-0.25, -0.2) is 36.2 Å². The van der Waals surface area contributed by atoms with Gasteiger partial charge in [-0.05, 0) is 202 Å². The van der Waals surface area contributed by atoms with Crippen LogP contribution in [-0.4, -0.2) is 172 Å². The first-order valence-corrected chi connectivity index (χ1v) is 47.8. The zero-order valence-electron chi connectivity index (χ0n) is 72.4. The lowest BCUT2D eigenvalue weighted by molar-refractivity contribution is -0.386. The van der Waals surface area contributed by atoms with E-state index in [1.807, 2.05) is 36.4 Å². The molecule has 4 fully saturated rings. The van der Waals surface area contributed by atoms with E-state index in [4.69, 9.17) is 51.6 Å². The predicted molar refractivity (Wildman–Crippen MR) is 492 cm³/mol. The summed E-state index contributed by atoms with van der Waals surface area (Å²) in [5, 5.41) is 27.7. The number of halogens is 2. The highest BCUT2D eigenvalue weighted by molar-refractivity contribution is 7.90. The molecule has 4 N–H and O–H groups in total. The van der Waals surface area contributed by atoms with Crippen LogP contribution in [0, 0.1) is 48.8 Å². The fourth-order valence-corrected chi connectivity index (χ4v) is 20.8. The molecular formula is C96H106Cl2N12O16S2. The first-order valence-electron chi connectivity index (χ1n) is 44.1. The van der Waals surface area contributed by atoms with E-state index in [1.54, 1.807) is 60.9 Å². The number of piperazine rings is 2. The third-order valence-corrected chi connectivity index (χ3v) is 29.1. The lowest BCUT2D eigenvalue weighted by atomic mass is 9.72. The number of hydrogen-bond acceptors (Lipinski definition) is 22. The van der Waals surface area contributed by atoms with Gasteiger partial charge in [0.2, 0.25) is 0 Å². The monoisotopic (exact) mass is 1820 g/mol. The van der Waals surface area contributed by atoms with Crippen LogP contribution in [0.4, 0.5) is 22.7 Å². The van der Waals surface area contributed by atoms with Crippen LogP contribution < -0.4 is 38.2 Å². The number of ether oxygens (including phenoxy) is 6. The van der Waals surface area contributed by atoms with Crippen LogP contribution in [0.1, 0.15) is 155 Å². The average molecular weight is 1820 g/mol. The van der Waals surface area contributed by atoms with Crippen molar-refractivity contribution in [3.8, 4) is 34.5 Å². The number of amides is 2. The van der Waals surface area contributed by atoms with Crippen molar-refractivity contribution in [1.29, 1.82) is 0 Å². The van der Waals surface area contributed by atoms with Crippen LogP contribution in [0.15, 0.2) is 179 Å². The molecule has 4 aliphatic heterocycles. The lowest BCUT2D eigenvalue weighted by Gasteiger charge is -2.39. The number of hydrogen-bond donors (Lipinski definition) is 4. The second kappa shape index (κ2) is 37.6. The molecule has 4 aliphatic carbocycles. The molecule has 2 atom stereocenters. The Kier molecular flexibility index (Phi) is 26.2. The summed E-state index contributed by atoms with van der Waals surface area (Å²) in [7, 11) is -9.26. The van der Waals surface area contributed by atoms with E-state index in [-0.39, 0.29) is 87.9 Å². The molecule has 18 rings (SSSR count). The molecule has 32 heteroatoms. The quantitative estimate of drug-likeness (QED) is 0.0289. The SMILES string of the molecule is CC1(C)CCC(CN2CCN(c3ccc(C(=O)NS(=O)(=O)c4cc5c(c([N+](=O)[O-])c4)C[C@H](COC4CC4)CO5)c(Oc4cnc5[nH]ccc5c4)c3)CC2)=C(c2ccc(Cl)cc2)C1.CC1CCC(OC[C@@H]2COc3cc(S(=O)(=O)NC(=O)c4ccc(N5CCN(CC6=C(c7ccc(Cl)cc7)CCC(C)(C)C6)CC5)cc4Oc4cnc5[nH]ccc5c4)cc([N+](=O)[O-])c3C2)CC1. The summed E-state index contributed by atoms with van der Waals surface area (Å²) in [4.78, 5) is 75.0. The number of rotatable bonds is 26. The number of carbonyl (C=O) groups is 2. The molecule has 4 aromatic heterocycles. The number of allylic oxidation sites excluding steroid dienone is 2. The lowest BCUT2D eigenvalue weighted by Crippen LogP contribution is -2.47. The largest absolute Gasteiger partial charge is 0.493 e. The fraction of sp³-hybridized carbons (Fsp3) is 0.417. The number of nitro benzene ring substituents is 2. The molecule has 672 valence electrons. The summed E-state index contributed by atoms with van der Waals surface area (Å²) >= 11 is 12.5. The first-order chi connectivity index (χ1) is 61.4. The number of nitrogens with one attached hydrogen (secondary N) is 4. The Labute approximate surface area is 754 Å². The Morgan fingerprint density at radius 2 is 0.961 bits per heavy atom. The van der Waals surface area contributed by atoms with Gasteiger partial charge in [-0.15, -0.1) is 0 Å². The van der Waals surface area contributed by atoms with E-state index in [2.05, 4.69) is 108 Å². The predicted octanol–water partition coefficient (Wildman–Crippen LogP) is 18.5. The number of carbonyl (C=O) groups excluding carboxylic acids is 2. The minimum absolute atomic E-state index is 0.0457. The average Bonchev–Trinajstić information content (AvgIpc) is 0.853. The molecule has 10 aromatic rings. The Hall–Kier alpha value is -11.0. The molecule has 8 aliphatic rings. The van der Waals surface area contributed by atoms with Crippen molar-refractivity contribution in [2.75, 3.05) is 102 Å². The van der Waals surface area contributed by atoms with Gasteiger partial charge < -0.3 is 48.2 Å². The van der Waals surface area contributed by atoms with Crippen molar-refractivity contribution >= 4 is 111 Å². The summed E-state index contributed by atoms with van der Waals surface area (Å²) in [5.74, 6) is -0.351. The Morgan fingerprint density at radius 3 is 1.41 bits per heavy atom. The number of sulfonamides is 2. The van der Waals surface area contributed by atoms with Gasteiger partial charge in [-0.3, -0.25) is 39.6 Å². The van der Waals surface area contributed by atoms with Crippen LogP contribution in [0.5, 0.6) is 34.5 Å². The highest BCUT2D eigenvalue weighted by Crippen LogP contribution is 2.48. The molecular weight excluding hydrogens is 1710 g/mol. The second-order valence-electron chi connectivity index (χ2n) is 36.9. The first kappa shape index (κ1) is 89.0. The molecule has 8 heterocycles. The van der Waals surface area contributed by atoms with Crippen molar-refractivity contribution in [1.82, 2.24) is 39.2 Å². The summed E-state index contributed by atoms with van der Waals surface area (Å²) in [6.07, 6.45) is 20.1. The standard InChI is InChI=1S/C50H57ClN6O8S.C46H49ClN6O8S/c1-32-4-11-39(12-5-32)63-30-33-22-44-45(57(59)60)25-41(26-46(44)64-31-33)66(61,62)54-49(58)43-13-10-38(24-47(43)65-40-23-35-15-17-52-48(35)53-28-40)56-20-18-55(19-21-56)29-36-27-50(2,3)16-14-42(36)34-6-8-37(51)9-7-34;1-46(2)13-11-32(40(24-46)30-3-5-33(47)6-4-30)26-51-15-17-52(18-16-51)34-7-10-38(43(21-34)61-36-20-31-12-14-48-44(31)49-25-36)45(54)50-62(57,58)37-22-41(53(55)56)39-19-29(27-59-35-8-9-35)28-60-42(39)23-37/h6-10,13,15,17,23-26,28,32-33,39H,4-5,11-12,14,16,18-22,27,29-31H2,1-3H3,(H,52,53)(H,54,58);3-7,10,12,14,20-23,25,29,35H,8-9,11,13,15-19,24,26-28H2,1-2H3,(H,48,49)(H,50,54)/t32?,33-,39?;29-/m11/s1. The molecule has 6 aromatic carbocycles. The van der Waals surface area contributed by atoms with Gasteiger partial charge in [0.15, 0.2) is 0 Å². The zero-order valence-corrected chi connectivity index (χ0v) is 75.5. The minimum atomic E-state index is -4.64. The van der Waals surface area contributed by atoms with Crippen molar-refractivity contribution in [3.05, 3.63) is 233 Å². The third-order valence-electron chi connectivity index (χ3n) is 26.0. The van der Waals surface area contributed by atoms with Gasteiger partial charge in [0.1, 0.15) is 45.8 Å². The number of H-pyrrole nitrogens is 2. The van der Waals surface area contributed by atoms with Crippen molar-refractivity contribution in [2.45, 2.75) is 147 Å². The van der Waals surface area contributed by atoms with Crippen LogP contribution in [0.2, 0.25) is 10.0 Å². The molecule has 2 saturated carbocycles. The van der Waals surface area contributed by atoms with Crippen LogP contribution >= 0.6 is 23.2 Å². The Morgan fingerprint density at radius 1 is 0.531 bits per heavy atom. The Bertz CT molecular complexity index is 6170.